The lowest BCUT2D eigenvalue weighted by atomic mass is 10.1. The van der Waals surface area contributed by atoms with Gasteiger partial charge in [-0.25, -0.2) is 4.98 Å². The van der Waals surface area contributed by atoms with Gasteiger partial charge in [-0.1, -0.05) is 12.1 Å². The van der Waals surface area contributed by atoms with E-state index in [1.165, 1.54) is 4.70 Å². The topological polar surface area (TPSA) is 76.3 Å². The minimum absolute atomic E-state index is 0.137. The summed E-state index contributed by atoms with van der Waals surface area (Å²) in [5, 5.41) is 1.13. The number of benzene rings is 1. The zero-order chi connectivity index (χ0) is 16.2. The summed E-state index contributed by atoms with van der Waals surface area (Å²) < 4.78 is 1.22. The van der Waals surface area contributed by atoms with Crippen molar-refractivity contribution in [3.8, 4) is 0 Å². The zero-order valence-corrected chi connectivity index (χ0v) is 13.8. The fraction of sp³-hybridized carbons (Fsp3) is 0.471. The van der Waals surface area contributed by atoms with Gasteiger partial charge >= 0.3 is 0 Å². The van der Waals surface area contributed by atoms with Crippen LogP contribution in [0, 0.1) is 5.92 Å². The second-order valence-electron chi connectivity index (χ2n) is 6.01. The molecule has 2 aromatic rings. The minimum Gasteiger partial charge on any atom is -0.369 e. The summed E-state index contributed by atoms with van der Waals surface area (Å²) in [6, 6.07) is 8.14. The van der Waals surface area contributed by atoms with Crippen molar-refractivity contribution >= 4 is 33.4 Å². The molecule has 6 heteroatoms. The lowest BCUT2D eigenvalue weighted by Gasteiger charge is -2.15. The van der Waals surface area contributed by atoms with Crippen molar-refractivity contribution < 1.29 is 9.59 Å². The molecule has 2 heterocycles. The number of aromatic nitrogens is 1. The average molecular weight is 331 g/mol. The Labute approximate surface area is 139 Å². The first kappa shape index (κ1) is 15.9. The van der Waals surface area contributed by atoms with E-state index >= 15 is 0 Å². The largest absolute Gasteiger partial charge is 0.369 e. The third-order valence-corrected chi connectivity index (χ3v) is 5.41. The van der Waals surface area contributed by atoms with Gasteiger partial charge in [-0.05, 0) is 37.8 Å². The van der Waals surface area contributed by atoms with E-state index < -0.39 is 0 Å². The molecule has 1 aromatic heterocycles. The Morgan fingerprint density at radius 3 is 2.87 bits per heavy atom. The van der Waals surface area contributed by atoms with Crippen LogP contribution in [0.15, 0.2) is 24.3 Å². The van der Waals surface area contributed by atoms with E-state index in [1.807, 2.05) is 18.2 Å². The smallest absolute Gasteiger partial charge is 0.222 e. The van der Waals surface area contributed by atoms with Gasteiger partial charge in [-0.3, -0.25) is 9.59 Å². The van der Waals surface area contributed by atoms with Gasteiger partial charge < -0.3 is 10.6 Å². The van der Waals surface area contributed by atoms with Crippen molar-refractivity contribution in [1.29, 1.82) is 0 Å². The molecule has 0 aliphatic carbocycles. The van der Waals surface area contributed by atoms with Gasteiger partial charge in [0.05, 0.1) is 21.1 Å². The van der Waals surface area contributed by atoms with Crippen molar-refractivity contribution in [2.45, 2.75) is 32.1 Å². The highest BCUT2D eigenvalue weighted by Gasteiger charge is 2.29. The Balaban J connectivity index is 1.41. The molecule has 0 bridgehead atoms. The summed E-state index contributed by atoms with van der Waals surface area (Å²) in [7, 11) is 0. The summed E-state index contributed by atoms with van der Waals surface area (Å²) in [6.07, 6.45) is 3.96. The average Bonchev–Trinajstić information content (AvgIpc) is 3.17. The molecule has 0 unspecified atom stereocenters. The Morgan fingerprint density at radius 2 is 2.13 bits per heavy atom. The Hall–Kier alpha value is -1.95. The van der Waals surface area contributed by atoms with E-state index in [-0.39, 0.29) is 17.7 Å². The highest BCUT2D eigenvalue weighted by Crippen LogP contribution is 2.23. The SMILES string of the molecule is NC(=O)[C@@H]1CCN(C(=O)CCCCc2nc3ccccc3s2)C1. The van der Waals surface area contributed by atoms with Crippen LogP contribution >= 0.6 is 11.3 Å². The Morgan fingerprint density at radius 1 is 1.30 bits per heavy atom. The minimum atomic E-state index is -0.295. The van der Waals surface area contributed by atoms with Crippen LogP contribution in [-0.2, 0) is 16.0 Å². The third kappa shape index (κ3) is 3.88. The van der Waals surface area contributed by atoms with Crippen LogP contribution in [0.4, 0.5) is 0 Å². The van der Waals surface area contributed by atoms with Crippen LogP contribution in [-0.4, -0.2) is 34.8 Å². The van der Waals surface area contributed by atoms with Crippen molar-refractivity contribution in [3.05, 3.63) is 29.3 Å². The maximum Gasteiger partial charge on any atom is 0.222 e. The number of rotatable bonds is 6. The quantitative estimate of drug-likeness (QED) is 0.826. The molecule has 1 aromatic carbocycles. The number of carbonyl (C=O) groups is 2. The van der Waals surface area contributed by atoms with Gasteiger partial charge in [-0.15, -0.1) is 11.3 Å². The van der Waals surface area contributed by atoms with Crippen molar-refractivity contribution in [2.24, 2.45) is 11.7 Å². The highest BCUT2D eigenvalue weighted by molar-refractivity contribution is 7.18. The molecular weight excluding hydrogens is 310 g/mol. The fourth-order valence-electron chi connectivity index (χ4n) is 2.96. The molecule has 1 fully saturated rings. The lowest BCUT2D eigenvalue weighted by molar-refractivity contribution is -0.130. The fourth-order valence-corrected chi connectivity index (χ4v) is 3.97. The molecular formula is C17H21N3O2S. The number of carbonyl (C=O) groups excluding carboxylic acids is 2. The van der Waals surface area contributed by atoms with Crippen LogP contribution in [0.3, 0.4) is 0 Å². The first-order valence-electron chi connectivity index (χ1n) is 8.05. The van der Waals surface area contributed by atoms with Crippen molar-refractivity contribution in [2.75, 3.05) is 13.1 Å². The summed E-state index contributed by atoms with van der Waals surface area (Å²) in [5.41, 5.74) is 6.35. The molecule has 0 spiro atoms. The second kappa shape index (κ2) is 7.08. The summed E-state index contributed by atoms with van der Waals surface area (Å²) >= 11 is 1.73. The number of hydrogen-bond acceptors (Lipinski definition) is 4. The van der Waals surface area contributed by atoms with Crippen LogP contribution < -0.4 is 5.73 Å². The first-order valence-corrected chi connectivity index (χ1v) is 8.86. The predicted molar refractivity (Wildman–Crippen MR) is 91.1 cm³/mol. The van der Waals surface area contributed by atoms with Crippen molar-refractivity contribution in [1.82, 2.24) is 9.88 Å². The van der Waals surface area contributed by atoms with Crippen LogP contribution in [0.25, 0.3) is 10.2 Å². The number of primary amides is 1. The first-order chi connectivity index (χ1) is 11.1. The number of amides is 2. The number of thiazole rings is 1. The molecule has 122 valence electrons. The molecule has 5 nitrogen and oxygen atoms in total. The highest BCUT2D eigenvalue weighted by atomic mass is 32.1. The Bertz CT molecular complexity index is 680. The third-order valence-electron chi connectivity index (χ3n) is 4.31. The molecule has 3 rings (SSSR count). The molecule has 2 amide bonds. The van der Waals surface area contributed by atoms with Crippen molar-refractivity contribution in [3.63, 3.8) is 0 Å². The molecule has 1 atom stereocenters. The van der Waals surface area contributed by atoms with E-state index in [4.69, 9.17) is 5.73 Å². The molecule has 0 radical (unpaired) electrons. The van der Waals surface area contributed by atoms with Gasteiger partial charge in [0, 0.05) is 19.5 Å². The number of nitrogens with zero attached hydrogens (tertiary/aromatic N) is 2. The number of fused-ring (bicyclic) bond motifs is 1. The van der Waals surface area contributed by atoms with Crippen LogP contribution in [0.2, 0.25) is 0 Å². The normalized spacial score (nSPS) is 17.7. The molecule has 0 saturated carbocycles. The maximum absolute atomic E-state index is 12.1. The number of likely N-dealkylation sites (tertiary alicyclic amines) is 1. The zero-order valence-electron chi connectivity index (χ0n) is 13.0. The number of hydrogen-bond donors (Lipinski definition) is 1. The van der Waals surface area contributed by atoms with Gasteiger partial charge in [0.25, 0.3) is 0 Å². The second-order valence-corrected chi connectivity index (χ2v) is 7.13. The molecule has 23 heavy (non-hydrogen) atoms. The monoisotopic (exact) mass is 331 g/mol. The van der Waals surface area contributed by atoms with E-state index in [1.54, 1.807) is 16.2 Å². The van der Waals surface area contributed by atoms with E-state index in [2.05, 4.69) is 11.1 Å². The summed E-state index contributed by atoms with van der Waals surface area (Å²) in [6.45, 7) is 1.15. The molecule has 1 aliphatic heterocycles. The number of para-hydroxylation sites is 1. The van der Waals surface area contributed by atoms with Gasteiger partial charge in [0.15, 0.2) is 0 Å². The van der Waals surface area contributed by atoms with E-state index in [0.29, 0.717) is 25.9 Å². The lowest BCUT2D eigenvalue weighted by Crippen LogP contribution is -2.31. The van der Waals surface area contributed by atoms with Crippen LogP contribution in [0.1, 0.15) is 30.7 Å². The van der Waals surface area contributed by atoms with Gasteiger partial charge in [0.1, 0.15) is 0 Å². The van der Waals surface area contributed by atoms with Gasteiger partial charge in [-0.2, -0.15) is 0 Å². The predicted octanol–water partition coefficient (Wildman–Crippen LogP) is 2.34. The molecule has 1 aliphatic rings. The maximum atomic E-state index is 12.1. The van der Waals surface area contributed by atoms with E-state index in [0.717, 1.165) is 29.8 Å². The summed E-state index contributed by atoms with van der Waals surface area (Å²) in [4.78, 5) is 29.6. The molecule has 2 N–H and O–H groups in total. The number of nitrogens with two attached hydrogens (primary N) is 1. The van der Waals surface area contributed by atoms with Crippen LogP contribution in [0.5, 0.6) is 0 Å². The Kier molecular flexibility index (Phi) is 4.91. The van der Waals surface area contributed by atoms with Gasteiger partial charge in [0.2, 0.25) is 11.8 Å². The van der Waals surface area contributed by atoms with E-state index in [9.17, 15) is 9.59 Å². The molecule has 1 saturated heterocycles. The number of unbranched alkanes of at least 4 members (excludes halogenated alkanes) is 1. The summed E-state index contributed by atoms with van der Waals surface area (Å²) in [5.74, 6) is -0.323. The number of aryl methyl sites for hydroxylation is 1. The standard InChI is InChI=1S/C17H21N3O2S/c18-17(22)12-9-10-20(11-12)16(21)8-4-3-7-15-19-13-5-1-2-6-14(13)23-15/h1-2,5-6,12H,3-4,7-11H2,(H2,18,22)/t12-/m1/s1.